The number of thiophene rings is 1. The average molecular weight is 664 g/mol. The number of hydrogen-bond acceptors (Lipinski definition) is 10. The SMILES string of the molecule is COC(=O)C1CCN(c2ncc(C(=O)Nc3nc(-c4cc(Cl)cs4)c(N4CCN(C5CCCCC5)CC4)s3)cc2Cl)CC1. The quantitative estimate of drug-likeness (QED) is 0.281. The van der Waals surface area contributed by atoms with Gasteiger partial charge in [-0.2, -0.15) is 0 Å². The number of piperidine rings is 1. The van der Waals surface area contributed by atoms with Crippen molar-refractivity contribution in [1.29, 1.82) is 0 Å². The van der Waals surface area contributed by atoms with Crippen molar-refractivity contribution < 1.29 is 14.3 Å². The molecule has 1 aliphatic carbocycles. The number of amides is 1. The first-order chi connectivity index (χ1) is 20.9. The maximum atomic E-state index is 13.3. The number of nitrogens with one attached hydrogen (secondary N) is 1. The highest BCUT2D eigenvalue weighted by atomic mass is 35.5. The van der Waals surface area contributed by atoms with Crippen LogP contribution in [-0.4, -0.2) is 79.2 Å². The molecule has 3 aromatic rings. The predicted octanol–water partition coefficient (Wildman–Crippen LogP) is 6.67. The second-order valence-electron chi connectivity index (χ2n) is 11.4. The van der Waals surface area contributed by atoms with E-state index in [2.05, 4.69) is 20.1 Å². The number of esters is 1. The predicted molar refractivity (Wildman–Crippen MR) is 175 cm³/mol. The Bertz CT molecular complexity index is 1440. The molecule has 9 nitrogen and oxygen atoms in total. The molecular formula is C30H36Cl2N6O3S2. The van der Waals surface area contributed by atoms with Gasteiger partial charge in [-0.3, -0.25) is 19.8 Å². The summed E-state index contributed by atoms with van der Waals surface area (Å²) in [5.41, 5.74) is 1.21. The molecule has 0 aromatic carbocycles. The van der Waals surface area contributed by atoms with Crippen molar-refractivity contribution in [2.45, 2.75) is 51.0 Å². The third-order valence-corrected chi connectivity index (χ3v) is 11.3. The summed E-state index contributed by atoms with van der Waals surface area (Å²) in [6.45, 7) is 5.21. The highest BCUT2D eigenvalue weighted by Gasteiger charge is 2.30. The maximum absolute atomic E-state index is 13.3. The number of anilines is 3. The number of piperazine rings is 1. The average Bonchev–Trinajstić information content (AvgIpc) is 3.67. The van der Waals surface area contributed by atoms with Crippen LogP contribution in [-0.2, 0) is 9.53 Å². The fourth-order valence-electron chi connectivity index (χ4n) is 6.36. The Balaban J connectivity index is 1.15. The Kier molecular flexibility index (Phi) is 9.73. The van der Waals surface area contributed by atoms with E-state index < -0.39 is 0 Å². The van der Waals surface area contributed by atoms with Crippen molar-refractivity contribution in [3.05, 3.63) is 39.3 Å². The summed E-state index contributed by atoms with van der Waals surface area (Å²) in [7, 11) is 1.42. The van der Waals surface area contributed by atoms with E-state index in [9.17, 15) is 9.59 Å². The van der Waals surface area contributed by atoms with E-state index >= 15 is 0 Å². The topological polar surface area (TPSA) is 90.9 Å². The zero-order valence-corrected chi connectivity index (χ0v) is 27.3. The molecule has 5 heterocycles. The zero-order chi connectivity index (χ0) is 29.9. The van der Waals surface area contributed by atoms with Crippen LogP contribution in [0.3, 0.4) is 0 Å². The zero-order valence-electron chi connectivity index (χ0n) is 24.2. The second-order valence-corrected chi connectivity index (χ2v) is 14.1. The Labute approximate surface area is 270 Å². The number of methoxy groups -OCH3 is 1. The van der Waals surface area contributed by atoms with Gasteiger partial charge in [-0.05, 0) is 37.8 Å². The molecule has 1 saturated carbocycles. The normalized spacial score (nSPS) is 19.0. The van der Waals surface area contributed by atoms with E-state index in [-0.39, 0.29) is 17.8 Å². The first kappa shape index (κ1) is 30.6. The van der Waals surface area contributed by atoms with Gasteiger partial charge in [0.15, 0.2) is 5.13 Å². The smallest absolute Gasteiger partial charge is 0.308 e. The van der Waals surface area contributed by atoms with Crippen LogP contribution >= 0.6 is 45.9 Å². The second kappa shape index (κ2) is 13.7. The summed E-state index contributed by atoms with van der Waals surface area (Å²) in [4.78, 5) is 42.7. The van der Waals surface area contributed by atoms with Gasteiger partial charge < -0.3 is 14.5 Å². The van der Waals surface area contributed by atoms with Crippen molar-refractivity contribution in [1.82, 2.24) is 14.9 Å². The van der Waals surface area contributed by atoms with Gasteiger partial charge in [-0.25, -0.2) is 9.97 Å². The fraction of sp³-hybridized carbons (Fsp3) is 0.533. The summed E-state index contributed by atoms with van der Waals surface area (Å²) in [6, 6.07) is 4.29. The highest BCUT2D eigenvalue weighted by molar-refractivity contribution is 7.21. The molecule has 13 heteroatoms. The monoisotopic (exact) mass is 662 g/mol. The third kappa shape index (κ3) is 6.96. The number of ether oxygens (including phenoxy) is 1. The Morgan fingerprint density at radius 2 is 1.72 bits per heavy atom. The first-order valence-corrected chi connectivity index (χ1v) is 17.4. The maximum Gasteiger partial charge on any atom is 0.308 e. The molecule has 0 unspecified atom stereocenters. The van der Waals surface area contributed by atoms with Gasteiger partial charge in [0.25, 0.3) is 5.91 Å². The Morgan fingerprint density at radius 1 is 0.977 bits per heavy atom. The number of nitrogens with zero attached hydrogens (tertiary/aromatic N) is 5. The Hall–Kier alpha value is -2.44. The molecule has 1 N–H and O–H groups in total. The van der Waals surface area contributed by atoms with Crippen LogP contribution in [0.5, 0.6) is 0 Å². The molecule has 2 saturated heterocycles. The molecule has 43 heavy (non-hydrogen) atoms. The third-order valence-electron chi connectivity index (χ3n) is 8.74. The van der Waals surface area contributed by atoms with E-state index in [0.717, 1.165) is 41.8 Å². The number of carbonyl (C=O) groups is 2. The number of hydrogen-bond donors (Lipinski definition) is 1. The summed E-state index contributed by atoms with van der Waals surface area (Å²) < 4.78 is 4.88. The van der Waals surface area contributed by atoms with Gasteiger partial charge in [-0.1, -0.05) is 53.8 Å². The van der Waals surface area contributed by atoms with E-state index in [1.165, 1.54) is 50.6 Å². The van der Waals surface area contributed by atoms with Crippen LogP contribution in [0.1, 0.15) is 55.3 Å². The van der Waals surface area contributed by atoms with E-state index in [1.807, 2.05) is 16.3 Å². The number of carbonyl (C=O) groups excluding carboxylic acids is 2. The van der Waals surface area contributed by atoms with E-state index in [1.54, 1.807) is 23.6 Å². The lowest BCUT2D eigenvalue weighted by Gasteiger charge is -2.41. The first-order valence-electron chi connectivity index (χ1n) is 14.9. The van der Waals surface area contributed by atoms with Crippen molar-refractivity contribution in [3.8, 4) is 10.6 Å². The standard InChI is InChI=1S/C30H36Cl2N6O3S2/c1-41-29(40)19-7-9-37(10-8-19)26-23(32)15-20(17-33-26)27(39)35-30-34-25(24-16-21(31)18-42-24)28(43-30)38-13-11-36(12-14-38)22-5-3-2-4-6-22/h15-19,22H,2-14H2,1H3,(H,34,35,39). The number of halogens is 2. The molecule has 0 bridgehead atoms. The molecule has 6 rings (SSSR count). The molecule has 1 amide bonds. The lowest BCUT2D eigenvalue weighted by molar-refractivity contribution is -0.146. The number of pyridine rings is 1. The minimum atomic E-state index is -0.316. The molecule has 230 valence electrons. The highest BCUT2D eigenvalue weighted by Crippen LogP contribution is 2.42. The van der Waals surface area contributed by atoms with Gasteiger partial charge in [0.1, 0.15) is 16.5 Å². The van der Waals surface area contributed by atoms with Crippen molar-refractivity contribution in [2.75, 3.05) is 61.5 Å². The van der Waals surface area contributed by atoms with Crippen LogP contribution < -0.4 is 15.1 Å². The van der Waals surface area contributed by atoms with Crippen LogP contribution in [0, 0.1) is 5.92 Å². The van der Waals surface area contributed by atoms with Gasteiger partial charge in [-0.15, -0.1) is 11.3 Å². The summed E-state index contributed by atoms with van der Waals surface area (Å²) >= 11 is 15.9. The molecule has 2 aliphatic heterocycles. The van der Waals surface area contributed by atoms with Gasteiger partial charge in [0.2, 0.25) is 0 Å². The molecule has 0 atom stereocenters. The largest absolute Gasteiger partial charge is 0.469 e. The minimum absolute atomic E-state index is 0.107. The molecule has 0 radical (unpaired) electrons. The minimum Gasteiger partial charge on any atom is -0.469 e. The summed E-state index contributed by atoms with van der Waals surface area (Å²) in [6.07, 6.45) is 9.55. The van der Waals surface area contributed by atoms with Gasteiger partial charge in [0.05, 0.1) is 33.5 Å². The van der Waals surface area contributed by atoms with Crippen molar-refractivity contribution >= 4 is 73.7 Å². The van der Waals surface area contributed by atoms with Crippen molar-refractivity contribution in [2.24, 2.45) is 5.92 Å². The summed E-state index contributed by atoms with van der Waals surface area (Å²) in [5, 5.41) is 7.56. The lowest BCUT2D eigenvalue weighted by atomic mass is 9.94. The van der Waals surface area contributed by atoms with E-state index in [0.29, 0.717) is 58.5 Å². The summed E-state index contributed by atoms with van der Waals surface area (Å²) in [5.74, 6) is 0.0121. The lowest BCUT2D eigenvalue weighted by Crippen LogP contribution is -2.50. The van der Waals surface area contributed by atoms with Gasteiger partial charge in [0, 0.05) is 56.9 Å². The van der Waals surface area contributed by atoms with Gasteiger partial charge >= 0.3 is 5.97 Å². The van der Waals surface area contributed by atoms with Crippen LogP contribution in [0.25, 0.3) is 10.6 Å². The molecular weight excluding hydrogens is 627 g/mol. The molecule has 3 aromatic heterocycles. The van der Waals surface area contributed by atoms with Crippen molar-refractivity contribution in [3.63, 3.8) is 0 Å². The van der Waals surface area contributed by atoms with Crippen LogP contribution in [0.15, 0.2) is 23.7 Å². The molecule has 3 fully saturated rings. The number of rotatable bonds is 7. The molecule has 3 aliphatic rings. The molecule has 0 spiro atoms. The number of aromatic nitrogens is 2. The fourth-order valence-corrected chi connectivity index (χ4v) is 8.81. The van der Waals surface area contributed by atoms with E-state index in [4.69, 9.17) is 32.9 Å². The van der Waals surface area contributed by atoms with Crippen LogP contribution in [0.4, 0.5) is 16.0 Å². The number of thiazole rings is 1. The Morgan fingerprint density at radius 3 is 2.37 bits per heavy atom. The van der Waals surface area contributed by atoms with Crippen LogP contribution in [0.2, 0.25) is 10.0 Å².